The zero-order valence-corrected chi connectivity index (χ0v) is 18.3. The Hall–Kier alpha value is -2.66. The lowest BCUT2D eigenvalue weighted by Gasteiger charge is -2.29. The van der Waals surface area contributed by atoms with Gasteiger partial charge in [0.25, 0.3) is 0 Å². The maximum absolute atomic E-state index is 13.0. The highest BCUT2D eigenvalue weighted by Gasteiger charge is 2.25. The molecule has 162 valence electrons. The number of benzene rings is 2. The summed E-state index contributed by atoms with van der Waals surface area (Å²) in [6.45, 7) is 7.33. The van der Waals surface area contributed by atoms with E-state index in [0.717, 1.165) is 17.5 Å². The Morgan fingerprint density at radius 3 is 2.13 bits per heavy atom. The van der Waals surface area contributed by atoms with E-state index in [9.17, 15) is 9.59 Å². The summed E-state index contributed by atoms with van der Waals surface area (Å²) in [5.41, 5.74) is 2.13. The van der Waals surface area contributed by atoms with Crippen LogP contribution in [0.25, 0.3) is 0 Å². The van der Waals surface area contributed by atoms with Gasteiger partial charge in [-0.15, -0.1) is 0 Å². The number of carbonyl (C=O) groups excluding carboxylic acids is 2. The Balaban J connectivity index is 1.97. The van der Waals surface area contributed by atoms with Crippen LogP contribution in [0.4, 0.5) is 0 Å². The van der Waals surface area contributed by atoms with Crippen molar-refractivity contribution < 1.29 is 14.3 Å². The van der Waals surface area contributed by atoms with Crippen LogP contribution in [0.3, 0.4) is 0 Å². The number of nitrogens with zero attached hydrogens (tertiary/aromatic N) is 1. The zero-order chi connectivity index (χ0) is 21.8. The molecular formula is C25H34N2O3. The highest BCUT2D eigenvalue weighted by molar-refractivity contribution is 5.87. The first-order chi connectivity index (χ1) is 14.5. The fraction of sp³-hybridized carbons (Fsp3) is 0.440. The van der Waals surface area contributed by atoms with Crippen LogP contribution in [-0.2, 0) is 27.3 Å². The van der Waals surface area contributed by atoms with Crippen molar-refractivity contribution in [1.29, 1.82) is 0 Å². The molecule has 0 unspecified atom stereocenters. The van der Waals surface area contributed by atoms with E-state index < -0.39 is 6.04 Å². The van der Waals surface area contributed by atoms with E-state index in [1.165, 1.54) is 0 Å². The molecule has 30 heavy (non-hydrogen) atoms. The minimum Gasteiger partial charge on any atom is -0.379 e. The third-order valence-corrected chi connectivity index (χ3v) is 4.90. The van der Waals surface area contributed by atoms with Gasteiger partial charge in [-0.1, -0.05) is 60.7 Å². The number of amides is 2. The predicted octanol–water partition coefficient (Wildman–Crippen LogP) is 3.97. The molecule has 2 aromatic rings. The molecule has 0 heterocycles. The van der Waals surface area contributed by atoms with Crippen molar-refractivity contribution in [3.63, 3.8) is 0 Å². The predicted molar refractivity (Wildman–Crippen MR) is 120 cm³/mol. The molecule has 1 N–H and O–H groups in total. The van der Waals surface area contributed by atoms with Gasteiger partial charge in [-0.3, -0.25) is 9.59 Å². The standard InChI is InChI=1S/C25H34N2O3/c1-20(2)30-18-10-17-26-25(29)21(3)27(19-23-13-8-5-9-14-23)24(28)16-15-22-11-6-4-7-12-22/h4-9,11-14,20-21H,10,15-19H2,1-3H3,(H,26,29)/t21-/m1/s1. The van der Waals surface area contributed by atoms with Gasteiger partial charge in [-0.25, -0.2) is 0 Å². The maximum atomic E-state index is 13.0. The third kappa shape index (κ3) is 8.37. The first kappa shape index (κ1) is 23.6. The minimum absolute atomic E-state index is 0.0199. The van der Waals surface area contributed by atoms with E-state index in [-0.39, 0.29) is 17.9 Å². The summed E-state index contributed by atoms with van der Waals surface area (Å²) in [5.74, 6) is -0.156. The number of hydrogen-bond acceptors (Lipinski definition) is 3. The summed E-state index contributed by atoms with van der Waals surface area (Å²) in [4.78, 5) is 27.4. The monoisotopic (exact) mass is 410 g/mol. The minimum atomic E-state index is -0.542. The first-order valence-electron chi connectivity index (χ1n) is 10.7. The van der Waals surface area contributed by atoms with Crippen LogP contribution in [0.2, 0.25) is 0 Å². The Labute approximate surface area is 180 Å². The number of carbonyl (C=O) groups is 2. The normalized spacial score (nSPS) is 11.9. The van der Waals surface area contributed by atoms with Crippen molar-refractivity contribution in [3.05, 3.63) is 71.8 Å². The van der Waals surface area contributed by atoms with Crippen molar-refractivity contribution in [2.24, 2.45) is 0 Å². The van der Waals surface area contributed by atoms with Gasteiger partial charge in [0, 0.05) is 26.1 Å². The first-order valence-corrected chi connectivity index (χ1v) is 10.7. The molecule has 0 saturated heterocycles. The average molecular weight is 411 g/mol. The van der Waals surface area contributed by atoms with Crippen molar-refractivity contribution in [2.45, 2.75) is 58.7 Å². The smallest absolute Gasteiger partial charge is 0.242 e. The molecule has 5 nitrogen and oxygen atoms in total. The Morgan fingerprint density at radius 2 is 1.53 bits per heavy atom. The van der Waals surface area contributed by atoms with Gasteiger partial charge >= 0.3 is 0 Å². The summed E-state index contributed by atoms with van der Waals surface area (Å²) in [6, 6.07) is 19.2. The fourth-order valence-electron chi connectivity index (χ4n) is 3.15. The molecule has 0 fully saturated rings. The molecule has 1 atom stereocenters. The Kier molecular flexibility index (Phi) is 10.1. The molecule has 0 aromatic heterocycles. The topological polar surface area (TPSA) is 58.6 Å². The molecule has 0 radical (unpaired) electrons. The van der Waals surface area contributed by atoms with Gasteiger partial charge in [0.15, 0.2) is 0 Å². The molecule has 2 rings (SSSR count). The van der Waals surface area contributed by atoms with Crippen LogP contribution >= 0.6 is 0 Å². The Morgan fingerprint density at radius 1 is 0.933 bits per heavy atom. The van der Waals surface area contributed by atoms with Gasteiger partial charge in [-0.2, -0.15) is 0 Å². The van der Waals surface area contributed by atoms with Gasteiger partial charge < -0.3 is 15.0 Å². The van der Waals surface area contributed by atoms with Crippen LogP contribution < -0.4 is 5.32 Å². The molecule has 0 saturated carbocycles. The number of rotatable bonds is 12. The molecule has 2 aromatic carbocycles. The van der Waals surface area contributed by atoms with E-state index in [2.05, 4.69) is 5.32 Å². The number of aryl methyl sites for hydroxylation is 1. The van der Waals surface area contributed by atoms with Gasteiger partial charge in [0.2, 0.25) is 11.8 Å². The van der Waals surface area contributed by atoms with E-state index in [1.807, 2.05) is 74.5 Å². The molecule has 0 aliphatic carbocycles. The molecule has 2 amide bonds. The van der Waals surface area contributed by atoms with Crippen LogP contribution in [0.15, 0.2) is 60.7 Å². The second-order valence-electron chi connectivity index (χ2n) is 7.73. The summed E-state index contributed by atoms with van der Waals surface area (Å²) in [6.07, 6.45) is 1.96. The van der Waals surface area contributed by atoms with Crippen molar-refractivity contribution >= 4 is 11.8 Å². The molecule has 0 spiro atoms. The zero-order valence-electron chi connectivity index (χ0n) is 18.3. The molecule has 0 aliphatic heterocycles. The van der Waals surface area contributed by atoms with Crippen LogP contribution in [0.5, 0.6) is 0 Å². The van der Waals surface area contributed by atoms with E-state index in [1.54, 1.807) is 11.8 Å². The van der Waals surface area contributed by atoms with Crippen LogP contribution in [0.1, 0.15) is 44.7 Å². The van der Waals surface area contributed by atoms with Gasteiger partial charge in [0.05, 0.1) is 6.10 Å². The summed E-state index contributed by atoms with van der Waals surface area (Å²) in [5, 5.41) is 2.94. The Bertz CT molecular complexity index is 762. The van der Waals surface area contributed by atoms with E-state index in [0.29, 0.717) is 32.5 Å². The molecule has 0 aliphatic rings. The third-order valence-electron chi connectivity index (χ3n) is 4.90. The van der Waals surface area contributed by atoms with Crippen LogP contribution in [0, 0.1) is 0 Å². The lowest BCUT2D eigenvalue weighted by molar-refractivity contribution is -0.140. The SMILES string of the molecule is CC(C)OCCCNC(=O)[C@@H](C)N(Cc1ccccc1)C(=O)CCc1ccccc1. The average Bonchev–Trinajstić information content (AvgIpc) is 2.76. The summed E-state index contributed by atoms with van der Waals surface area (Å²) >= 11 is 0. The maximum Gasteiger partial charge on any atom is 0.242 e. The van der Waals surface area contributed by atoms with Crippen LogP contribution in [-0.4, -0.2) is 42.0 Å². The number of nitrogens with one attached hydrogen (secondary N) is 1. The summed E-state index contributed by atoms with van der Waals surface area (Å²) < 4.78 is 5.51. The fourth-order valence-corrected chi connectivity index (χ4v) is 3.15. The van der Waals surface area contributed by atoms with Gasteiger partial charge in [-0.05, 0) is 44.7 Å². The molecular weight excluding hydrogens is 376 g/mol. The molecule has 0 bridgehead atoms. The quantitative estimate of drug-likeness (QED) is 0.539. The van der Waals surface area contributed by atoms with E-state index >= 15 is 0 Å². The van der Waals surface area contributed by atoms with E-state index in [4.69, 9.17) is 4.74 Å². The largest absolute Gasteiger partial charge is 0.379 e. The number of hydrogen-bond donors (Lipinski definition) is 1. The second-order valence-corrected chi connectivity index (χ2v) is 7.73. The number of ether oxygens (including phenoxy) is 1. The second kappa shape index (κ2) is 12.8. The van der Waals surface area contributed by atoms with Crippen molar-refractivity contribution in [2.75, 3.05) is 13.2 Å². The van der Waals surface area contributed by atoms with Crippen molar-refractivity contribution in [1.82, 2.24) is 10.2 Å². The highest BCUT2D eigenvalue weighted by atomic mass is 16.5. The molecule has 5 heteroatoms. The summed E-state index contributed by atoms with van der Waals surface area (Å²) in [7, 11) is 0. The lowest BCUT2D eigenvalue weighted by atomic mass is 10.1. The van der Waals surface area contributed by atoms with Gasteiger partial charge in [0.1, 0.15) is 6.04 Å². The van der Waals surface area contributed by atoms with Crippen molar-refractivity contribution in [3.8, 4) is 0 Å². The highest BCUT2D eigenvalue weighted by Crippen LogP contribution is 2.13. The lowest BCUT2D eigenvalue weighted by Crippen LogP contribution is -2.48.